The van der Waals surface area contributed by atoms with Crippen molar-refractivity contribution in [2.75, 3.05) is 0 Å². The van der Waals surface area contributed by atoms with Crippen LogP contribution in [0, 0.1) is 0 Å². The van der Waals surface area contributed by atoms with Gasteiger partial charge in [0.25, 0.3) is 0 Å². The Morgan fingerprint density at radius 2 is 1.65 bits per heavy atom. The minimum atomic E-state index is -0.441. The molecule has 1 aromatic carbocycles. The number of hydrogen-bond donors (Lipinski definition) is 1. The van der Waals surface area contributed by atoms with E-state index in [0.717, 1.165) is 11.1 Å². The minimum absolute atomic E-state index is 0.441. The van der Waals surface area contributed by atoms with Crippen LogP contribution >= 0.6 is 22.7 Å². The van der Waals surface area contributed by atoms with E-state index in [-0.39, 0.29) is 0 Å². The molecule has 26 heavy (non-hydrogen) atoms. The second-order valence-electron chi connectivity index (χ2n) is 7.22. The highest BCUT2D eigenvalue weighted by molar-refractivity contribution is 7.23. The summed E-state index contributed by atoms with van der Waals surface area (Å²) in [6.07, 6.45) is 8.84. The minimum Gasteiger partial charge on any atom is -0.384 e. The van der Waals surface area contributed by atoms with Crippen LogP contribution in [0.2, 0.25) is 0 Å². The molecular formula is C23H26OS2. The first-order chi connectivity index (χ1) is 12.8. The Labute approximate surface area is 164 Å². The van der Waals surface area contributed by atoms with Crippen molar-refractivity contribution in [2.24, 2.45) is 0 Å². The molecule has 0 amide bonds. The van der Waals surface area contributed by atoms with E-state index in [4.69, 9.17) is 0 Å². The highest BCUT2D eigenvalue weighted by Gasteiger charge is 2.30. The van der Waals surface area contributed by atoms with E-state index in [0.29, 0.717) is 0 Å². The van der Waals surface area contributed by atoms with Gasteiger partial charge in [-0.25, -0.2) is 0 Å². The summed E-state index contributed by atoms with van der Waals surface area (Å²) in [5.41, 5.74) is 4.87. The van der Waals surface area contributed by atoms with Gasteiger partial charge in [-0.1, -0.05) is 63.3 Å². The zero-order valence-electron chi connectivity index (χ0n) is 15.3. The van der Waals surface area contributed by atoms with Crippen LogP contribution in [0.3, 0.4) is 0 Å². The average molecular weight is 383 g/mol. The fraction of sp³-hybridized carbons (Fsp3) is 0.391. The van der Waals surface area contributed by atoms with Gasteiger partial charge in [0.15, 0.2) is 0 Å². The summed E-state index contributed by atoms with van der Waals surface area (Å²) in [7, 11) is 0. The van der Waals surface area contributed by atoms with Gasteiger partial charge in [0, 0.05) is 16.0 Å². The summed E-state index contributed by atoms with van der Waals surface area (Å²) in [5.74, 6) is 0. The van der Waals surface area contributed by atoms with Crippen molar-refractivity contribution in [3.05, 3.63) is 58.5 Å². The van der Waals surface area contributed by atoms with Gasteiger partial charge >= 0.3 is 0 Å². The normalized spacial score (nSPS) is 15.2. The number of unbranched alkanes of at least 4 members (excludes halogenated alkanes) is 5. The monoisotopic (exact) mass is 382 g/mol. The Morgan fingerprint density at radius 3 is 2.46 bits per heavy atom. The summed E-state index contributed by atoms with van der Waals surface area (Å²) in [5, 5.41) is 12.6. The third-order valence-corrected chi connectivity index (χ3v) is 7.60. The first-order valence-electron chi connectivity index (χ1n) is 9.77. The van der Waals surface area contributed by atoms with Crippen LogP contribution < -0.4 is 0 Å². The van der Waals surface area contributed by atoms with E-state index >= 15 is 0 Å². The number of aryl methyl sites for hydroxylation is 1. The smallest absolute Gasteiger partial charge is 0.107 e. The molecule has 4 rings (SSSR count). The first kappa shape index (κ1) is 18.0. The lowest BCUT2D eigenvalue weighted by atomic mass is 10.0. The maximum absolute atomic E-state index is 10.5. The molecule has 136 valence electrons. The molecule has 1 atom stereocenters. The molecule has 2 heterocycles. The number of aliphatic hydroxyl groups excluding tert-OH is 1. The molecule has 3 heteroatoms. The Morgan fingerprint density at radius 1 is 0.885 bits per heavy atom. The molecule has 0 saturated heterocycles. The number of hydrogen-bond acceptors (Lipinski definition) is 3. The van der Waals surface area contributed by atoms with Crippen LogP contribution in [0.4, 0.5) is 0 Å². The standard InChI is InChI=1S/C23H26OS2/c1-2-3-4-5-6-7-8-16-9-11-17(12-10-16)20-15-19-21(24)18-13-14-25-22(18)23(19)26-20/h9-15,21,24H,2-8H2,1H3. The molecule has 1 aliphatic carbocycles. The topological polar surface area (TPSA) is 20.2 Å². The Hall–Kier alpha value is -1.42. The Bertz CT molecular complexity index is 857. The molecule has 0 fully saturated rings. The van der Waals surface area contributed by atoms with E-state index in [1.807, 2.05) is 17.4 Å². The van der Waals surface area contributed by atoms with Gasteiger partial charge in [-0.05, 0) is 41.5 Å². The van der Waals surface area contributed by atoms with Gasteiger partial charge in [-0.2, -0.15) is 0 Å². The molecule has 2 aromatic heterocycles. The molecular weight excluding hydrogens is 356 g/mol. The van der Waals surface area contributed by atoms with E-state index in [2.05, 4.69) is 42.6 Å². The molecule has 1 aliphatic rings. The van der Waals surface area contributed by atoms with Crippen LogP contribution in [0.5, 0.6) is 0 Å². The largest absolute Gasteiger partial charge is 0.384 e. The number of benzene rings is 1. The zero-order chi connectivity index (χ0) is 17.9. The number of aliphatic hydroxyl groups is 1. The third kappa shape index (κ3) is 3.53. The summed E-state index contributed by atoms with van der Waals surface area (Å²) in [6, 6.07) is 13.3. The van der Waals surface area contributed by atoms with Crippen LogP contribution in [0.1, 0.15) is 68.2 Å². The summed E-state index contributed by atoms with van der Waals surface area (Å²) < 4.78 is 0. The van der Waals surface area contributed by atoms with Gasteiger partial charge in [0.1, 0.15) is 6.10 Å². The first-order valence-corrected chi connectivity index (χ1v) is 11.5. The quantitative estimate of drug-likeness (QED) is 0.401. The molecule has 1 nitrogen and oxygen atoms in total. The van der Waals surface area contributed by atoms with Gasteiger partial charge in [0.2, 0.25) is 0 Å². The van der Waals surface area contributed by atoms with Crippen LogP contribution in [-0.2, 0) is 6.42 Å². The molecule has 0 saturated carbocycles. The van der Waals surface area contributed by atoms with Gasteiger partial charge in [-0.15, -0.1) is 22.7 Å². The lowest BCUT2D eigenvalue weighted by Crippen LogP contribution is -1.90. The van der Waals surface area contributed by atoms with Crippen molar-refractivity contribution in [1.29, 1.82) is 0 Å². The lowest BCUT2D eigenvalue weighted by molar-refractivity contribution is 0.226. The van der Waals surface area contributed by atoms with Crippen LogP contribution in [0.15, 0.2) is 41.8 Å². The maximum atomic E-state index is 10.5. The predicted octanol–water partition coefficient (Wildman–Crippen LogP) is 7.44. The average Bonchev–Trinajstić information content (AvgIpc) is 3.35. The van der Waals surface area contributed by atoms with Crippen molar-refractivity contribution in [2.45, 2.75) is 58.0 Å². The van der Waals surface area contributed by atoms with E-state index in [1.165, 1.54) is 70.7 Å². The lowest BCUT2D eigenvalue weighted by Gasteiger charge is -2.04. The highest BCUT2D eigenvalue weighted by Crippen LogP contribution is 2.52. The van der Waals surface area contributed by atoms with Crippen molar-refractivity contribution in [3.8, 4) is 20.2 Å². The fourth-order valence-electron chi connectivity index (χ4n) is 3.76. The number of fused-ring (bicyclic) bond motifs is 3. The summed E-state index contributed by atoms with van der Waals surface area (Å²) in [6.45, 7) is 2.27. The second-order valence-corrected chi connectivity index (χ2v) is 9.19. The molecule has 0 spiro atoms. The molecule has 1 N–H and O–H groups in total. The zero-order valence-corrected chi connectivity index (χ0v) is 17.0. The third-order valence-electron chi connectivity index (χ3n) is 5.31. The second kappa shape index (κ2) is 8.08. The van der Waals surface area contributed by atoms with E-state index < -0.39 is 6.10 Å². The van der Waals surface area contributed by atoms with Crippen molar-refractivity contribution < 1.29 is 5.11 Å². The molecule has 0 aliphatic heterocycles. The highest BCUT2D eigenvalue weighted by atomic mass is 32.1. The molecule has 0 radical (unpaired) electrons. The molecule has 0 bridgehead atoms. The predicted molar refractivity (Wildman–Crippen MR) is 114 cm³/mol. The van der Waals surface area contributed by atoms with Crippen molar-refractivity contribution in [3.63, 3.8) is 0 Å². The SMILES string of the molecule is CCCCCCCCc1ccc(-c2cc3c(s2)-c2sccc2C3O)cc1. The Kier molecular flexibility index (Phi) is 5.58. The summed E-state index contributed by atoms with van der Waals surface area (Å²) in [4.78, 5) is 3.77. The fourth-order valence-corrected chi connectivity index (χ4v) is 6.08. The van der Waals surface area contributed by atoms with Gasteiger partial charge in [-0.3, -0.25) is 0 Å². The van der Waals surface area contributed by atoms with Crippen molar-refractivity contribution in [1.82, 2.24) is 0 Å². The van der Waals surface area contributed by atoms with E-state index in [1.54, 1.807) is 11.3 Å². The Balaban J connectivity index is 1.40. The molecule has 1 unspecified atom stereocenters. The number of thiophene rings is 2. The van der Waals surface area contributed by atoms with Gasteiger partial charge in [0.05, 0.1) is 9.75 Å². The van der Waals surface area contributed by atoms with Gasteiger partial charge < -0.3 is 5.11 Å². The summed E-state index contributed by atoms with van der Waals surface area (Å²) >= 11 is 3.55. The maximum Gasteiger partial charge on any atom is 0.107 e. The van der Waals surface area contributed by atoms with E-state index in [9.17, 15) is 5.11 Å². The van der Waals surface area contributed by atoms with Crippen molar-refractivity contribution >= 4 is 22.7 Å². The number of rotatable bonds is 8. The van der Waals surface area contributed by atoms with Crippen LogP contribution in [-0.4, -0.2) is 5.11 Å². The molecule has 3 aromatic rings. The van der Waals surface area contributed by atoms with Crippen LogP contribution in [0.25, 0.3) is 20.2 Å².